The number of nitrogens with two attached hydrogens (primary N) is 1. The normalized spacial score (nSPS) is 19.0. The summed E-state index contributed by atoms with van der Waals surface area (Å²) in [4.78, 5) is 6.36. The Balaban J connectivity index is 1.73. The average Bonchev–Trinajstić information content (AvgIpc) is 3.00. The Kier molecular flexibility index (Phi) is 4.40. The van der Waals surface area contributed by atoms with E-state index in [4.69, 9.17) is 5.73 Å². The van der Waals surface area contributed by atoms with E-state index in [1.54, 1.807) is 0 Å². The lowest BCUT2D eigenvalue weighted by Crippen LogP contribution is -2.49. The summed E-state index contributed by atoms with van der Waals surface area (Å²) in [5.41, 5.74) is 7.02. The van der Waals surface area contributed by atoms with Gasteiger partial charge in [-0.2, -0.15) is 4.31 Å². The van der Waals surface area contributed by atoms with E-state index in [2.05, 4.69) is 24.8 Å². The number of aryl methyl sites for hydroxylation is 1. The van der Waals surface area contributed by atoms with Gasteiger partial charge in [0.05, 0.1) is 5.69 Å². The second-order valence-corrected chi connectivity index (χ2v) is 7.98. The molecule has 0 aromatic carbocycles. The summed E-state index contributed by atoms with van der Waals surface area (Å²) in [5.74, 6) is 0. The molecule has 2 aromatic heterocycles. The molecule has 1 fully saturated rings. The highest BCUT2D eigenvalue weighted by atomic mass is 32.2. The van der Waals surface area contributed by atoms with Crippen LogP contribution in [0.25, 0.3) is 11.2 Å². The van der Waals surface area contributed by atoms with Crippen molar-refractivity contribution in [2.24, 2.45) is 0 Å². The molecule has 3 rings (SSSR count). The monoisotopic (exact) mass is 358 g/mol. The number of nitrogens with zero attached hydrogens (tertiary/aromatic N) is 5. The number of hydrogen-bond acceptors (Lipinski definition) is 8. The predicted octanol–water partition coefficient (Wildman–Crippen LogP) is 0.271. The number of fused-ring (bicyclic) bond motifs is 1. The first-order valence-electron chi connectivity index (χ1n) is 7.53. The molecule has 0 bridgehead atoms. The Hall–Kier alpha value is -1.85. The van der Waals surface area contributed by atoms with Crippen molar-refractivity contribution < 1.29 is 17.4 Å². The fraction of sp³-hybridized carbons (Fsp3) is 0.615. The smallest absolute Gasteiger partial charge is 0.246 e. The highest BCUT2D eigenvalue weighted by Gasteiger charge is 2.31. The second-order valence-electron chi connectivity index (χ2n) is 5.79. The van der Waals surface area contributed by atoms with E-state index < -0.39 is 15.5 Å². The van der Waals surface area contributed by atoms with Gasteiger partial charge in [0.1, 0.15) is 0 Å². The van der Waals surface area contributed by atoms with Crippen molar-refractivity contribution in [3.8, 4) is 0 Å². The van der Waals surface area contributed by atoms with Crippen molar-refractivity contribution in [1.82, 2.24) is 24.5 Å². The summed E-state index contributed by atoms with van der Waals surface area (Å²) in [5, 5.41) is 7.44. The van der Waals surface area contributed by atoms with Crippen LogP contribution in [0.1, 0.15) is 18.2 Å². The topological polar surface area (TPSA) is 118 Å². The molecule has 1 saturated heterocycles. The zero-order valence-corrected chi connectivity index (χ0v) is 14.3. The van der Waals surface area contributed by atoms with Gasteiger partial charge in [0.25, 0.3) is 0 Å². The predicted molar refractivity (Wildman–Crippen MR) is 85.1 cm³/mol. The number of aromatic nitrogens is 3. The molecule has 9 nitrogen and oxygen atoms in total. The Morgan fingerprint density at radius 1 is 1.29 bits per heavy atom. The van der Waals surface area contributed by atoms with Crippen LogP contribution in [0.5, 0.6) is 0 Å². The largest absolute Gasteiger partial charge is 0.396 e. The molecule has 11 heteroatoms. The highest BCUT2D eigenvalue weighted by molar-refractivity contribution is 7.89. The molecule has 24 heavy (non-hydrogen) atoms. The van der Waals surface area contributed by atoms with E-state index >= 15 is 0 Å². The molecule has 1 atom stereocenters. The maximum atomic E-state index is 13.2. The molecule has 0 saturated carbocycles. The Labute approximate surface area is 138 Å². The van der Waals surface area contributed by atoms with Gasteiger partial charge in [-0.1, -0.05) is 0 Å². The first kappa shape index (κ1) is 17.0. The molecule has 1 unspecified atom stereocenters. The van der Waals surface area contributed by atoms with Crippen LogP contribution in [0, 0.1) is 6.92 Å². The number of alkyl halides is 1. The zero-order valence-electron chi connectivity index (χ0n) is 13.4. The van der Waals surface area contributed by atoms with Crippen molar-refractivity contribution in [3.63, 3.8) is 0 Å². The van der Waals surface area contributed by atoms with E-state index in [1.165, 1.54) is 4.31 Å². The minimum absolute atomic E-state index is 0.247. The first-order chi connectivity index (χ1) is 11.3. The number of halogens is 1. The highest BCUT2D eigenvalue weighted by Crippen LogP contribution is 2.25. The van der Waals surface area contributed by atoms with Crippen molar-refractivity contribution in [2.45, 2.75) is 25.9 Å². The van der Waals surface area contributed by atoms with Crippen molar-refractivity contribution >= 4 is 26.9 Å². The van der Waals surface area contributed by atoms with Crippen LogP contribution in [0.2, 0.25) is 0 Å². The third-order valence-corrected chi connectivity index (χ3v) is 6.15. The van der Waals surface area contributed by atoms with E-state index in [0.29, 0.717) is 36.5 Å². The zero-order chi connectivity index (χ0) is 17.5. The summed E-state index contributed by atoms with van der Waals surface area (Å²) >= 11 is 0. The molecule has 132 valence electrons. The summed E-state index contributed by atoms with van der Waals surface area (Å²) in [6, 6.07) is 0. The molecule has 0 amide bonds. The van der Waals surface area contributed by atoms with Gasteiger partial charge in [0.15, 0.2) is 5.52 Å². The molecule has 0 radical (unpaired) electrons. The number of pyridine rings is 1. The van der Waals surface area contributed by atoms with Gasteiger partial charge < -0.3 is 5.73 Å². The van der Waals surface area contributed by atoms with Crippen molar-refractivity contribution in [3.05, 3.63) is 11.3 Å². The number of piperazine rings is 1. The van der Waals surface area contributed by atoms with E-state index in [9.17, 15) is 12.8 Å². The third kappa shape index (κ3) is 2.94. The minimum Gasteiger partial charge on any atom is -0.396 e. The molecule has 2 N–H and O–H groups in total. The molecule has 1 aliphatic rings. The van der Waals surface area contributed by atoms with E-state index in [0.717, 1.165) is 18.2 Å². The van der Waals surface area contributed by atoms with Crippen LogP contribution >= 0.6 is 0 Å². The summed E-state index contributed by atoms with van der Waals surface area (Å²) in [7, 11) is -3.86. The number of hydrogen-bond donors (Lipinski definition) is 1. The molecule has 1 aliphatic heterocycles. The van der Waals surface area contributed by atoms with Crippen LogP contribution in [0.4, 0.5) is 10.1 Å². The minimum atomic E-state index is -3.86. The number of rotatable bonds is 4. The van der Waals surface area contributed by atoms with Gasteiger partial charge in [-0.3, -0.25) is 4.90 Å². The molecule has 0 aliphatic carbocycles. The molecule has 0 spiro atoms. The van der Waals surface area contributed by atoms with Gasteiger partial charge in [0.2, 0.25) is 21.2 Å². The summed E-state index contributed by atoms with van der Waals surface area (Å²) in [6.07, 6.45) is 0. The lowest BCUT2D eigenvalue weighted by Gasteiger charge is -2.34. The van der Waals surface area contributed by atoms with Gasteiger partial charge in [-0.15, -0.1) is 0 Å². The number of nitrogen functional groups attached to an aromatic ring is 1. The maximum Gasteiger partial charge on any atom is 0.246 e. The van der Waals surface area contributed by atoms with Gasteiger partial charge in [-0.05, 0) is 24.2 Å². The lowest BCUT2D eigenvalue weighted by atomic mass is 10.1. The van der Waals surface area contributed by atoms with Gasteiger partial charge in [-0.25, -0.2) is 22.4 Å². The molecular formula is C13H19FN6O3S. The second kappa shape index (κ2) is 6.22. The number of anilines is 1. The average molecular weight is 358 g/mol. The van der Waals surface area contributed by atoms with Crippen LogP contribution in [0.3, 0.4) is 0 Å². The molecule has 2 aromatic rings. The fourth-order valence-electron chi connectivity index (χ4n) is 2.76. The van der Waals surface area contributed by atoms with E-state index in [1.807, 2.05) is 6.92 Å². The van der Waals surface area contributed by atoms with E-state index in [-0.39, 0.29) is 13.1 Å². The molecule has 3 heterocycles. The van der Waals surface area contributed by atoms with Gasteiger partial charge in [0, 0.05) is 44.0 Å². The maximum absolute atomic E-state index is 13.2. The van der Waals surface area contributed by atoms with Crippen molar-refractivity contribution in [1.29, 1.82) is 0 Å². The molecular weight excluding hydrogens is 339 g/mol. The van der Waals surface area contributed by atoms with Gasteiger partial charge >= 0.3 is 0 Å². The van der Waals surface area contributed by atoms with Crippen LogP contribution in [-0.2, 0) is 16.6 Å². The lowest BCUT2D eigenvalue weighted by molar-refractivity contribution is 0.178. The van der Waals surface area contributed by atoms with Crippen LogP contribution in [-0.4, -0.2) is 64.6 Å². The Morgan fingerprint density at radius 3 is 2.58 bits per heavy atom. The van der Waals surface area contributed by atoms with Crippen LogP contribution < -0.4 is 5.73 Å². The summed E-state index contributed by atoms with van der Waals surface area (Å²) in [6.45, 7) is 4.84. The Bertz CT molecular complexity index is 845. The third-order valence-electron chi connectivity index (χ3n) is 4.25. The summed E-state index contributed by atoms with van der Waals surface area (Å²) < 4.78 is 42.8. The van der Waals surface area contributed by atoms with Crippen molar-refractivity contribution in [2.75, 3.05) is 31.9 Å². The fourth-order valence-corrected chi connectivity index (χ4v) is 3.84. The first-order valence-corrected chi connectivity index (χ1v) is 9.03. The Morgan fingerprint density at radius 2 is 1.96 bits per heavy atom. The number of sulfonamides is 1. The SMILES string of the molecule is Cc1nc2nonc2c(N)c1CN1CCN(S(=O)(=O)C(C)F)CC1. The van der Waals surface area contributed by atoms with Crippen LogP contribution in [0.15, 0.2) is 4.63 Å². The quantitative estimate of drug-likeness (QED) is 0.827. The standard InChI is InChI=1S/C13H19FN6O3S/c1-8-10(11(15)12-13(16-8)18-23-17-12)7-19-3-5-20(6-4-19)24(21,22)9(2)14/h9H,3-7,15H2,1-2H3.